The van der Waals surface area contributed by atoms with Crippen molar-refractivity contribution in [1.29, 1.82) is 0 Å². The van der Waals surface area contributed by atoms with Crippen molar-refractivity contribution in [1.82, 2.24) is 4.72 Å². The number of nitrogens with zero attached hydrogens (tertiary/aromatic N) is 1. The van der Waals surface area contributed by atoms with Crippen molar-refractivity contribution < 1.29 is 13.3 Å². The molecule has 1 aromatic carbocycles. The second-order valence-corrected chi connectivity index (χ2v) is 6.25. The quantitative estimate of drug-likeness (QED) is 0.665. The van der Waals surface area contributed by atoms with Crippen molar-refractivity contribution in [2.45, 2.75) is 37.6 Å². The van der Waals surface area contributed by atoms with E-state index in [2.05, 4.69) is 4.72 Å². The molecule has 6 nitrogen and oxygen atoms in total. The molecule has 98 valence electrons. The molecule has 0 radical (unpaired) electrons. The second-order valence-electron chi connectivity index (χ2n) is 4.54. The highest BCUT2D eigenvalue weighted by Gasteiger charge is 2.29. The third-order valence-electron chi connectivity index (χ3n) is 3.02. The summed E-state index contributed by atoms with van der Waals surface area (Å²) >= 11 is 0. The van der Waals surface area contributed by atoms with Crippen LogP contribution in [0.2, 0.25) is 0 Å². The first-order valence-corrected chi connectivity index (χ1v) is 7.07. The minimum atomic E-state index is -3.65. The van der Waals surface area contributed by atoms with E-state index in [-0.39, 0.29) is 16.6 Å². The molecule has 0 heterocycles. The minimum absolute atomic E-state index is 0.0179. The zero-order valence-corrected chi connectivity index (χ0v) is 11.0. The van der Waals surface area contributed by atoms with E-state index in [1.165, 1.54) is 6.07 Å². The fraction of sp³-hybridized carbons (Fsp3) is 0.455. The Labute approximate surface area is 105 Å². The van der Waals surface area contributed by atoms with E-state index in [1.807, 2.05) is 0 Å². The number of nitro benzene ring substituents is 1. The van der Waals surface area contributed by atoms with Gasteiger partial charge in [-0.1, -0.05) is 0 Å². The van der Waals surface area contributed by atoms with Crippen LogP contribution < -0.4 is 4.72 Å². The number of hydrogen-bond acceptors (Lipinski definition) is 4. The zero-order chi connectivity index (χ0) is 13.5. The maximum absolute atomic E-state index is 12.0. The van der Waals surface area contributed by atoms with Gasteiger partial charge < -0.3 is 0 Å². The van der Waals surface area contributed by atoms with Crippen molar-refractivity contribution in [2.75, 3.05) is 0 Å². The summed E-state index contributed by atoms with van der Waals surface area (Å²) in [7, 11) is -3.65. The highest BCUT2D eigenvalue weighted by Crippen LogP contribution is 2.27. The highest BCUT2D eigenvalue weighted by molar-refractivity contribution is 7.89. The van der Waals surface area contributed by atoms with Crippen LogP contribution in [-0.2, 0) is 10.0 Å². The van der Waals surface area contributed by atoms with Gasteiger partial charge in [-0.25, -0.2) is 13.1 Å². The van der Waals surface area contributed by atoms with E-state index < -0.39 is 14.9 Å². The average Bonchev–Trinajstić information content (AvgIpc) is 3.04. The Balaban J connectivity index is 2.48. The summed E-state index contributed by atoms with van der Waals surface area (Å²) in [6.07, 6.45) is 1.65. The van der Waals surface area contributed by atoms with Gasteiger partial charge in [-0.05, 0) is 38.3 Å². The molecule has 0 aliphatic heterocycles. The van der Waals surface area contributed by atoms with E-state index in [4.69, 9.17) is 0 Å². The van der Waals surface area contributed by atoms with Gasteiger partial charge in [0.1, 0.15) is 0 Å². The number of benzene rings is 1. The summed E-state index contributed by atoms with van der Waals surface area (Å²) in [5.41, 5.74) is 0.928. The van der Waals surface area contributed by atoms with Crippen molar-refractivity contribution in [3.05, 3.63) is 33.4 Å². The maximum atomic E-state index is 12.0. The number of sulfonamides is 1. The lowest BCUT2D eigenvalue weighted by molar-refractivity contribution is -0.385. The molecule has 0 unspecified atom stereocenters. The van der Waals surface area contributed by atoms with Gasteiger partial charge in [-0.15, -0.1) is 0 Å². The zero-order valence-electron chi connectivity index (χ0n) is 10.1. The van der Waals surface area contributed by atoms with Gasteiger partial charge in [0.05, 0.1) is 9.82 Å². The molecule has 0 amide bonds. The summed E-state index contributed by atoms with van der Waals surface area (Å²) in [6.45, 7) is 3.27. The number of nitrogens with one attached hydrogen (secondary N) is 1. The van der Waals surface area contributed by atoms with Crippen LogP contribution in [-0.4, -0.2) is 19.4 Å². The van der Waals surface area contributed by atoms with Crippen LogP contribution in [0.4, 0.5) is 5.69 Å². The average molecular weight is 270 g/mol. The minimum Gasteiger partial charge on any atom is -0.258 e. The lowest BCUT2D eigenvalue weighted by Crippen LogP contribution is -2.25. The molecule has 0 atom stereocenters. The molecule has 1 aliphatic rings. The molecule has 0 spiro atoms. The molecule has 1 saturated carbocycles. The Morgan fingerprint density at radius 3 is 2.44 bits per heavy atom. The fourth-order valence-electron chi connectivity index (χ4n) is 1.64. The molecule has 18 heavy (non-hydrogen) atoms. The van der Waals surface area contributed by atoms with Gasteiger partial charge in [-0.2, -0.15) is 0 Å². The summed E-state index contributed by atoms with van der Waals surface area (Å²) in [6, 6.07) is 2.57. The Bertz CT molecular complexity index is 606. The molecule has 1 N–H and O–H groups in total. The molecule has 0 saturated heterocycles. The van der Waals surface area contributed by atoms with Crippen molar-refractivity contribution in [2.24, 2.45) is 0 Å². The third-order valence-corrected chi connectivity index (χ3v) is 4.52. The van der Waals surface area contributed by atoms with Gasteiger partial charge in [0.15, 0.2) is 0 Å². The van der Waals surface area contributed by atoms with Crippen LogP contribution in [0.1, 0.15) is 24.0 Å². The van der Waals surface area contributed by atoms with Crippen LogP contribution in [0.25, 0.3) is 0 Å². The van der Waals surface area contributed by atoms with Gasteiger partial charge >= 0.3 is 0 Å². The lowest BCUT2D eigenvalue weighted by atomic mass is 10.1. The summed E-state index contributed by atoms with van der Waals surface area (Å²) < 4.78 is 26.5. The lowest BCUT2D eigenvalue weighted by Gasteiger charge is -2.08. The monoisotopic (exact) mass is 270 g/mol. The predicted octanol–water partition coefficient (Wildman–Crippen LogP) is 1.65. The van der Waals surface area contributed by atoms with Gasteiger partial charge in [0.25, 0.3) is 5.69 Å². The molecule has 0 bridgehead atoms. The Morgan fingerprint density at radius 1 is 1.33 bits per heavy atom. The van der Waals surface area contributed by atoms with E-state index in [1.54, 1.807) is 13.8 Å². The predicted molar refractivity (Wildman–Crippen MR) is 65.9 cm³/mol. The van der Waals surface area contributed by atoms with E-state index >= 15 is 0 Å². The van der Waals surface area contributed by atoms with E-state index in [9.17, 15) is 18.5 Å². The standard InChI is InChI=1S/C11H14N2O4S/c1-7-5-10(6-11(8(7)2)13(14)15)18(16,17)12-9-3-4-9/h5-6,9,12H,3-4H2,1-2H3. The van der Waals surface area contributed by atoms with Crippen molar-refractivity contribution in [3.63, 3.8) is 0 Å². The Morgan fingerprint density at radius 2 is 1.94 bits per heavy atom. The molecule has 1 fully saturated rings. The largest absolute Gasteiger partial charge is 0.273 e. The number of nitro groups is 1. The number of hydrogen-bond donors (Lipinski definition) is 1. The molecule has 0 aromatic heterocycles. The van der Waals surface area contributed by atoms with Crippen LogP contribution in [0.5, 0.6) is 0 Å². The first-order chi connectivity index (χ1) is 8.31. The van der Waals surface area contributed by atoms with E-state index in [0.29, 0.717) is 11.1 Å². The second kappa shape index (κ2) is 4.33. The summed E-state index contributed by atoms with van der Waals surface area (Å²) in [5.74, 6) is 0. The summed E-state index contributed by atoms with van der Waals surface area (Å²) in [4.78, 5) is 10.3. The van der Waals surface area contributed by atoms with Gasteiger partial charge in [0, 0.05) is 17.7 Å². The normalized spacial score (nSPS) is 15.7. The maximum Gasteiger partial charge on any atom is 0.273 e. The Hall–Kier alpha value is -1.47. The number of rotatable bonds is 4. The molecule has 1 aromatic rings. The smallest absolute Gasteiger partial charge is 0.258 e. The first kappa shape index (κ1) is 13.0. The molecule has 1 aliphatic carbocycles. The number of aryl methyl sites for hydroxylation is 1. The van der Waals surface area contributed by atoms with Crippen LogP contribution in [0.3, 0.4) is 0 Å². The van der Waals surface area contributed by atoms with Crippen molar-refractivity contribution >= 4 is 15.7 Å². The van der Waals surface area contributed by atoms with Crippen molar-refractivity contribution in [3.8, 4) is 0 Å². The Kier molecular flexibility index (Phi) is 3.12. The SMILES string of the molecule is Cc1cc(S(=O)(=O)NC2CC2)cc([N+](=O)[O-])c1C. The summed E-state index contributed by atoms with van der Waals surface area (Å²) in [5, 5.41) is 10.9. The van der Waals surface area contributed by atoms with Crippen LogP contribution in [0.15, 0.2) is 17.0 Å². The molecule has 7 heteroatoms. The molecular weight excluding hydrogens is 256 g/mol. The van der Waals surface area contributed by atoms with E-state index in [0.717, 1.165) is 18.9 Å². The fourth-order valence-corrected chi connectivity index (χ4v) is 3.05. The first-order valence-electron chi connectivity index (χ1n) is 5.59. The van der Waals surface area contributed by atoms with Crippen LogP contribution >= 0.6 is 0 Å². The van der Waals surface area contributed by atoms with Gasteiger partial charge in [0.2, 0.25) is 10.0 Å². The molecular formula is C11H14N2O4S. The molecule has 2 rings (SSSR count). The van der Waals surface area contributed by atoms with Crippen LogP contribution in [0, 0.1) is 24.0 Å². The topological polar surface area (TPSA) is 89.3 Å². The van der Waals surface area contributed by atoms with Gasteiger partial charge in [-0.3, -0.25) is 10.1 Å². The third kappa shape index (κ3) is 2.51. The highest BCUT2D eigenvalue weighted by atomic mass is 32.2.